The highest BCUT2D eigenvalue weighted by Gasteiger charge is 2.12. The van der Waals surface area contributed by atoms with E-state index in [0.29, 0.717) is 17.8 Å². The van der Waals surface area contributed by atoms with Gasteiger partial charge in [0.25, 0.3) is 5.91 Å². The van der Waals surface area contributed by atoms with Gasteiger partial charge in [-0.3, -0.25) is 4.79 Å². The van der Waals surface area contributed by atoms with Crippen molar-refractivity contribution < 1.29 is 9.18 Å². The molecular weight excluding hydrogens is 299 g/mol. The number of nitrogens with zero attached hydrogens (tertiary/aromatic N) is 2. The molecule has 1 heterocycles. The normalized spacial score (nSPS) is 10.6. The number of benzene rings is 1. The van der Waals surface area contributed by atoms with E-state index >= 15 is 0 Å². The molecule has 0 bridgehead atoms. The van der Waals surface area contributed by atoms with E-state index in [1.54, 1.807) is 13.0 Å². The van der Waals surface area contributed by atoms with Crippen molar-refractivity contribution >= 4 is 34.7 Å². The lowest BCUT2D eigenvalue weighted by atomic mass is 10.1. The Morgan fingerprint density at radius 3 is 2.85 bits per heavy atom. The van der Waals surface area contributed by atoms with Crippen LogP contribution >= 0.6 is 23.1 Å². The van der Waals surface area contributed by atoms with Crippen molar-refractivity contribution in [3.63, 3.8) is 0 Å². The minimum atomic E-state index is -0.673. The third kappa shape index (κ3) is 3.26. The van der Waals surface area contributed by atoms with Gasteiger partial charge >= 0.3 is 0 Å². The predicted molar refractivity (Wildman–Crippen MR) is 78.7 cm³/mol. The van der Waals surface area contributed by atoms with Crippen LogP contribution in [0.5, 0.6) is 0 Å². The van der Waals surface area contributed by atoms with E-state index in [1.165, 1.54) is 23.1 Å². The zero-order chi connectivity index (χ0) is 14.7. The van der Waals surface area contributed by atoms with Crippen molar-refractivity contribution in [2.45, 2.75) is 17.8 Å². The Morgan fingerprint density at radius 1 is 1.50 bits per heavy atom. The van der Waals surface area contributed by atoms with Gasteiger partial charge in [-0.05, 0) is 30.9 Å². The monoisotopic (exact) mass is 312 g/mol. The van der Waals surface area contributed by atoms with Crippen molar-refractivity contribution in [2.24, 2.45) is 5.73 Å². The Kier molecular flexibility index (Phi) is 4.56. The zero-order valence-corrected chi connectivity index (χ0v) is 12.6. The van der Waals surface area contributed by atoms with Crippen LogP contribution in [0, 0.1) is 12.7 Å². The summed E-state index contributed by atoms with van der Waals surface area (Å²) in [5, 5.41) is 11.8. The number of hydrogen-bond donors (Lipinski definition) is 2. The van der Waals surface area contributed by atoms with Crippen LogP contribution in [-0.4, -0.2) is 22.4 Å². The van der Waals surface area contributed by atoms with Crippen LogP contribution in [0.2, 0.25) is 0 Å². The van der Waals surface area contributed by atoms with E-state index in [1.807, 2.05) is 6.26 Å². The first kappa shape index (κ1) is 14.7. The number of thioether (sulfide) groups is 1. The van der Waals surface area contributed by atoms with Crippen LogP contribution in [0.15, 0.2) is 16.5 Å². The number of nitrogens with one attached hydrogen (secondary N) is 1. The fourth-order valence-electron chi connectivity index (χ4n) is 1.59. The third-order valence-electron chi connectivity index (χ3n) is 2.62. The minimum Gasteiger partial charge on any atom is -0.378 e. The third-order valence-corrected chi connectivity index (χ3v) is 4.52. The summed E-state index contributed by atoms with van der Waals surface area (Å²) in [5.41, 5.74) is 6.32. The minimum absolute atomic E-state index is 0.128. The number of halogens is 1. The van der Waals surface area contributed by atoms with Crippen LogP contribution in [0.25, 0.3) is 0 Å². The molecule has 1 aromatic carbocycles. The van der Waals surface area contributed by atoms with Crippen molar-refractivity contribution in [1.82, 2.24) is 10.2 Å². The predicted octanol–water partition coefficient (Wildman–Crippen LogP) is 2.42. The SMILES string of the molecule is CSc1nnc(CNc2cc(C)c(F)cc2C(N)=O)s1. The summed E-state index contributed by atoms with van der Waals surface area (Å²) >= 11 is 2.98. The maximum absolute atomic E-state index is 13.5. The Bertz CT molecular complexity index is 644. The number of nitrogens with two attached hydrogens (primary N) is 1. The quantitative estimate of drug-likeness (QED) is 0.829. The Morgan fingerprint density at radius 2 is 2.25 bits per heavy atom. The molecule has 8 heteroatoms. The molecule has 0 saturated heterocycles. The van der Waals surface area contributed by atoms with Gasteiger partial charge in [0.1, 0.15) is 10.8 Å². The second-order valence-corrected chi connectivity index (χ2v) is 6.15. The van der Waals surface area contributed by atoms with E-state index in [-0.39, 0.29) is 5.56 Å². The fraction of sp³-hybridized carbons (Fsp3) is 0.250. The van der Waals surface area contributed by atoms with Gasteiger partial charge in [-0.2, -0.15) is 0 Å². The van der Waals surface area contributed by atoms with Gasteiger partial charge in [-0.25, -0.2) is 4.39 Å². The van der Waals surface area contributed by atoms with E-state index < -0.39 is 11.7 Å². The van der Waals surface area contributed by atoms with Gasteiger partial charge in [0.05, 0.1) is 12.1 Å². The van der Waals surface area contributed by atoms with Crippen LogP contribution in [0.1, 0.15) is 20.9 Å². The smallest absolute Gasteiger partial charge is 0.250 e. The molecule has 1 aromatic heterocycles. The van der Waals surface area contributed by atoms with Gasteiger partial charge in [0, 0.05) is 5.69 Å². The van der Waals surface area contributed by atoms with Crippen LogP contribution < -0.4 is 11.1 Å². The molecule has 0 unspecified atom stereocenters. The summed E-state index contributed by atoms with van der Waals surface area (Å²) in [7, 11) is 0. The molecule has 2 rings (SSSR count). The summed E-state index contributed by atoms with van der Waals surface area (Å²) < 4.78 is 14.3. The van der Waals surface area contributed by atoms with Crippen molar-refractivity contribution in [3.05, 3.63) is 34.1 Å². The second kappa shape index (κ2) is 6.19. The molecule has 106 valence electrons. The summed E-state index contributed by atoms with van der Waals surface area (Å²) in [6.07, 6.45) is 1.92. The average Bonchev–Trinajstić information content (AvgIpc) is 2.87. The van der Waals surface area contributed by atoms with E-state index in [4.69, 9.17) is 5.73 Å². The topological polar surface area (TPSA) is 80.9 Å². The van der Waals surface area contributed by atoms with Gasteiger partial charge in [0.2, 0.25) is 0 Å². The van der Waals surface area contributed by atoms with Crippen LogP contribution in [0.3, 0.4) is 0 Å². The first-order valence-electron chi connectivity index (χ1n) is 5.71. The maximum Gasteiger partial charge on any atom is 0.250 e. The molecule has 0 atom stereocenters. The molecule has 0 radical (unpaired) electrons. The number of carbonyl (C=O) groups is 1. The second-order valence-electron chi connectivity index (χ2n) is 4.03. The maximum atomic E-state index is 13.5. The fourth-order valence-corrected chi connectivity index (χ4v) is 2.85. The molecule has 2 aromatic rings. The van der Waals surface area contributed by atoms with Crippen molar-refractivity contribution in [3.8, 4) is 0 Å². The molecular formula is C12H13FN4OS2. The first-order chi connectivity index (χ1) is 9.51. The lowest BCUT2D eigenvalue weighted by molar-refractivity contribution is 0.100. The molecule has 0 aliphatic carbocycles. The van der Waals surface area contributed by atoms with Crippen molar-refractivity contribution in [1.29, 1.82) is 0 Å². The largest absolute Gasteiger partial charge is 0.378 e. The lowest BCUT2D eigenvalue weighted by Gasteiger charge is -2.10. The number of carbonyl (C=O) groups excluding carboxylic acids is 1. The number of aryl methyl sites for hydroxylation is 1. The molecule has 3 N–H and O–H groups in total. The molecule has 0 aliphatic heterocycles. The highest BCUT2D eigenvalue weighted by molar-refractivity contribution is 8.00. The number of amides is 1. The number of primary amides is 1. The molecule has 0 spiro atoms. The average molecular weight is 312 g/mol. The van der Waals surface area contributed by atoms with Crippen LogP contribution in [-0.2, 0) is 6.54 Å². The zero-order valence-electron chi connectivity index (χ0n) is 10.9. The molecule has 0 saturated carbocycles. The van der Waals surface area contributed by atoms with Gasteiger partial charge in [-0.15, -0.1) is 10.2 Å². The summed E-state index contributed by atoms with van der Waals surface area (Å²) in [6, 6.07) is 2.71. The number of hydrogen-bond acceptors (Lipinski definition) is 6. The standard InChI is InChI=1S/C12H13FN4OS2/c1-6-3-9(7(11(14)18)4-8(6)13)15-5-10-16-17-12(19-2)20-10/h3-4,15H,5H2,1-2H3,(H2,14,18). The Hall–Kier alpha value is -1.67. The molecule has 5 nitrogen and oxygen atoms in total. The van der Waals surface area contributed by atoms with Gasteiger partial charge in [-0.1, -0.05) is 23.1 Å². The Balaban J connectivity index is 2.20. The van der Waals surface area contributed by atoms with Crippen LogP contribution in [0.4, 0.5) is 10.1 Å². The van der Waals surface area contributed by atoms with E-state index in [2.05, 4.69) is 15.5 Å². The Labute approximate surface area is 123 Å². The number of aromatic nitrogens is 2. The van der Waals surface area contributed by atoms with Crippen molar-refractivity contribution in [2.75, 3.05) is 11.6 Å². The highest BCUT2D eigenvalue weighted by Crippen LogP contribution is 2.23. The molecule has 0 fully saturated rings. The molecule has 1 amide bonds. The number of rotatable bonds is 5. The molecule has 0 aliphatic rings. The first-order valence-corrected chi connectivity index (χ1v) is 7.75. The lowest BCUT2D eigenvalue weighted by Crippen LogP contribution is -2.15. The summed E-state index contributed by atoms with van der Waals surface area (Å²) in [4.78, 5) is 11.3. The number of anilines is 1. The highest BCUT2D eigenvalue weighted by atomic mass is 32.2. The summed E-state index contributed by atoms with van der Waals surface area (Å²) in [6.45, 7) is 2.03. The summed E-state index contributed by atoms with van der Waals surface area (Å²) in [5.74, 6) is -1.13. The molecule has 20 heavy (non-hydrogen) atoms. The van der Waals surface area contributed by atoms with Gasteiger partial charge < -0.3 is 11.1 Å². The van der Waals surface area contributed by atoms with Gasteiger partial charge in [0.15, 0.2) is 4.34 Å². The van der Waals surface area contributed by atoms with E-state index in [9.17, 15) is 9.18 Å². The van der Waals surface area contributed by atoms with E-state index in [0.717, 1.165) is 15.4 Å².